The number of carbonyl (C=O) groups is 3. The first-order valence-corrected chi connectivity index (χ1v) is 20.8. The van der Waals surface area contributed by atoms with Gasteiger partial charge in [-0.15, -0.1) is 11.3 Å². The molecule has 284 valence electrons. The number of fused-ring (bicyclic) bond motifs is 3. The molecule has 0 radical (unpaired) electrons. The van der Waals surface area contributed by atoms with Crippen LogP contribution in [0.15, 0.2) is 35.7 Å². The minimum Gasteiger partial charge on any atom is -0.495 e. The maximum absolute atomic E-state index is 14.2. The summed E-state index contributed by atoms with van der Waals surface area (Å²) in [4.78, 5) is 54.7. The Balaban J connectivity index is 1.21. The second-order valence-corrected chi connectivity index (χ2v) is 18.6. The molecule has 4 amide bonds. The van der Waals surface area contributed by atoms with Gasteiger partial charge in [0.15, 0.2) is 0 Å². The molecule has 2 saturated carbocycles. The lowest BCUT2D eigenvalue weighted by atomic mass is 10.1. The molecule has 7 rings (SSSR count). The Kier molecular flexibility index (Phi) is 9.90. The number of aromatic nitrogens is 2. The first-order valence-electron chi connectivity index (χ1n) is 18.0. The first kappa shape index (κ1) is 37.4. The van der Waals surface area contributed by atoms with E-state index in [1.807, 2.05) is 23.6 Å². The van der Waals surface area contributed by atoms with Crippen LogP contribution in [0.5, 0.6) is 11.5 Å². The number of likely N-dealkylation sites (N-methyl/N-ethyl adjacent to an activating group) is 1. The van der Waals surface area contributed by atoms with Gasteiger partial charge in [-0.05, 0) is 57.6 Å². The minimum absolute atomic E-state index is 0.0297. The van der Waals surface area contributed by atoms with Crippen molar-refractivity contribution in [2.45, 2.75) is 94.1 Å². The number of methoxy groups -OCH3 is 1. The van der Waals surface area contributed by atoms with Gasteiger partial charge in [0.05, 0.1) is 34.6 Å². The van der Waals surface area contributed by atoms with Gasteiger partial charge in [0.2, 0.25) is 15.9 Å². The van der Waals surface area contributed by atoms with Crippen LogP contribution in [0.3, 0.4) is 0 Å². The second kappa shape index (κ2) is 14.0. The Labute approximate surface area is 318 Å². The van der Waals surface area contributed by atoms with Gasteiger partial charge >= 0.3 is 6.03 Å². The zero-order valence-electron chi connectivity index (χ0n) is 30.5. The van der Waals surface area contributed by atoms with Gasteiger partial charge in [-0.25, -0.2) is 23.2 Å². The van der Waals surface area contributed by atoms with Crippen molar-refractivity contribution in [2.24, 2.45) is 5.92 Å². The molecule has 2 aliphatic carbocycles. The van der Waals surface area contributed by atoms with Gasteiger partial charge in [0, 0.05) is 48.7 Å². The van der Waals surface area contributed by atoms with Crippen LogP contribution in [0.4, 0.5) is 4.79 Å². The third kappa shape index (κ3) is 7.07. The number of carbonyl (C=O) groups excluding carboxylic acids is 3. The molecule has 1 aromatic carbocycles. The number of nitrogens with one attached hydrogen (secondary N) is 2. The summed E-state index contributed by atoms with van der Waals surface area (Å²) in [6.45, 7) is 6.29. The van der Waals surface area contributed by atoms with E-state index in [0.29, 0.717) is 58.2 Å². The van der Waals surface area contributed by atoms with E-state index in [4.69, 9.17) is 31.0 Å². The Morgan fingerprint density at radius 2 is 1.92 bits per heavy atom. The van der Waals surface area contributed by atoms with E-state index in [1.54, 1.807) is 31.0 Å². The van der Waals surface area contributed by atoms with Crippen molar-refractivity contribution in [3.63, 3.8) is 0 Å². The molecule has 4 aliphatic rings. The van der Waals surface area contributed by atoms with Crippen LogP contribution >= 0.6 is 22.9 Å². The number of urea groups is 1. The first-order chi connectivity index (χ1) is 25.2. The SMILES string of the molecule is COc1ccc2c(O[C@H]3C[C@H]4C(=O)N(C)CCCC/C=C\[C@@H]5C[C@@]5(C(=O)NS(=O)(=O)C5(C)CC5)NC(=O)N4C3)cc(-c3csc(C(C)C)n3)nc2c1Cl. The van der Waals surface area contributed by atoms with Crippen molar-refractivity contribution in [3.05, 3.63) is 45.8 Å². The van der Waals surface area contributed by atoms with Crippen molar-refractivity contribution in [2.75, 3.05) is 27.2 Å². The van der Waals surface area contributed by atoms with Crippen molar-refractivity contribution in [1.29, 1.82) is 0 Å². The standard InChI is InChI=1S/C37H45ClN6O7S2/c1-21(2)32-40-26(20-52-32)25-17-29(24-11-12-28(50-5)30(38)31(24)39-25)51-23-16-27-33(45)43(4)15-9-7-6-8-10-22-18-37(22,41-35(47)44(27)19-23)34(46)42-53(48,49)36(3)13-14-36/h8,10-12,17,20-23,27H,6-7,9,13-16,18-19H2,1-5H3,(H,41,47)(H,42,46)/b10-8-/t22-,23+,27+,37-/m1/s1. The Morgan fingerprint density at radius 3 is 2.62 bits per heavy atom. The maximum Gasteiger partial charge on any atom is 0.319 e. The molecule has 0 unspecified atom stereocenters. The van der Waals surface area contributed by atoms with Gasteiger partial charge in [-0.2, -0.15) is 0 Å². The zero-order chi connectivity index (χ0) is 37.9. The molecule has 4 atom stereocenters. The van der Waals surface area contributed by atoms with Gasteiger partial charge in [0.25, 0.3) is 5.91 Å². The minimum atomic E-state index is -3.95. The number of hydrogen-bond donors (Lipinski definition) is 2. The smallest absolute Gasteiger partial charge is 0.319 e. The van der Waals surface area contributed by atoms with Gasteiger partial charge in [-0.3, -0.25) is 14.3 Å². The highest BCUT2D eigenvalue weighted by molar-refractivity contribution is 7.91. The number of nitrogens with zero attached hydrogens (tertiary/aromatic N) is 4. The van der Waals surface area contributed by atoms with Crippen molar-refractivity contribution < 1.29 is 32.3 Å². The molecule has 3 fully saturated rings. The topological polar surface area (TPSA) is 160 Å². The largest absolute Gasteiger partial charge is 0.495 e. The van der Waals surface area contributed by atoms with Crippen molar-refractivity contribution >= 4 is 61.7 Å². The number of ether oxygens (including phenoxy) is 2. The summed E-state index contributed by atoms with van der Waals surface area (Å²) in [5.74, 6) is -0.276. The Hall–Kier alpha value is -3.95. The fourth-order valence-electron chi connectivity index (χ4n) is 7.05. The number of allylic oxidation sites excluding steroid dienone is 1. The summed E-state index contributed by atoms with van der Waals surface area (Å²) < 4.78 is 39.6. The van der Waals surface area contributed by atoms with Gasteiger partial charge in [0.1, 0.15) is 39.9 Å². The fourth-order valence-corrected chi connectivity index (χ4v) is 9.47. The lowest BCUT2D eigenvalue weighted by Gasteiger charge is -2.30. The van der Waals surface area contributed by atoms with E-state index in [1.165, 1.54) is 23.3 Å². The van der Waals surface area contributed by atoms with Crippen molar-refractivity contribution in [1.82, 2.24) is 29.8 Å². The van der Waals surface area contributed by atoms with Crippen molar-refractivity contribution in [3.8, 4) is 22.9 Å². The second-order valence-electron chi connectivity index (χ2n) is 15.1. The average molecular weight is 785 g/mol. The van der Waals surface area contributed by atoms with Crippen LogP contribution < -0.4 is 19.5 Å². The third-order valence-electron chi connectivity index (χ3n) is 10.9. The maximum atomic E-state index is 14.2. The number of halogens is 1. The van der Waals surface area contributed by atoms with E-state index < -0.39 is 50.3 Å². The zero-order valence-corrected chi connectivity index (χ0v) is 32.9. The quantitative estimate of drug-likeness (QED) is 0.276. The molecule has 2 aromatic heterocycles. The monoisotopic (exact) mass is 784 g/mol. The Bertz CT molecular complexity index is 2100. The summed E-state index contributed by atoms with van der Waals surface area (Å²) in [6, 6.07) is 3.81. The third-order valence-corrected chi connectivity index (χ3v) is 14.6. The molecular formula is C37H45ClN6O7S2. The molecule has 1 saturated heterocycles. The molecule has 0 bridgehead atoms. The van der Waals surface area contributed by atoms with Crippen LogP contribution in [0, 0.1) is 5.92 Å². The molecule has 16 heteroatoms. The van der Waals surface area contributed by atoms with E-state index in [2.05, 4.69) is 23.9 Å². The van der Waals surface area contributed by atoms with Crippen LogP contribution in [-0.2, 0) is 19.6 Å². The van der Waals surface area contributed by atoms with Gasteiger partial charge < -0.3 is 24.6 Å². The summed E-state index contributed by atoms with van der Waals surface area (Å²) in [5.41, 5.74) is 0.201. The molecular weight excluding hydrogens is 740 g/mol. The predicted molar refractivity (Wildman–Crippen MR) is 203 cm³/mol. The molecule has 53 heavy (non-hydrogen) atoms. The number of sulfonamides is 1. The number of rotatable bonds is 8. The molecule has 3 aromatic rings. The molecule has 4 heterocycles. The molecule has 13 nitrogen and oxygen atoms in total. The summed E-state index contributed by atoms with van der Waals surface area (Å²) >= 11 is 8.33. The van der Waals surface area contributed by atoms with E-state index in [9.17, 15) is 22.8 Å². The van der Waals surface area contributed by atoms with E-state index in [0.717, 1.165) is 24.3 Å². The Morgan fingerprint density at radius 1 is 1.15 bits per heavy atom. The number of amides is 4. The molecule has 2 aliphatic heterocycles. The molecule has 2 N–H and O–H groups in total. The van der Waals surface area contributed by atoms with E-state index >= 15 is 0 Å². The predicted octanol–water partition coefficient (Wildman–Crippen LogP) is 5.63. The lowest BCUT2D eigenvalue weighted by molar-refractivity contribution is -0.134. The van der Waals surface area contributed by atoms with Gasteiger partial charge in [-0.1, -0.05) is 37.6 Å². The van der Waals surface area contributed by atoms with Crippen LogP contribution in [0.25, 0.3) is 22.3 Å². The number of benzene rings is 1. The summed E-state index contributed by atoms with van der Waals surface area (Å²) in [6.07, 6.45) is 6.86. The van der Waals surface area contributed by atoms with Crippen LogP contribution in [-0.4, -0.2) is 95.7 Å². The average Bonchev–Trinajstić information content (AvgIpc) is 3.89. The number of hydrogen-bond acceptors (Lipinski definition) is 10. The number of pyridine rings is 1. The molecule has 0 spiro atoms. The van der Waals surface area contributed by atoms with Crippen LogP contribution in [0.1, 0.15) is 76.6 Å². The highest BCUT2D eigenvalue weighted by atomic mass is 35.5. The van der Waals surface area contributed by atoms with Crippen LogP contribution in [0.2, 0.25) is 5.02 Å². The lowest BCUT2D eigenvalue weighted by Crippen LogP contribution is -2.58. The summed E-state index contributed by atoms with van der Waals surface area (Å²) in [5, 5.41) is 6.71. The number of thiazole rings is 1. The van der Waals surface area contributed by atoms with E-state index in [-0.39, 0.29) is 31.2 Å². The summed E-state index contributed by atoms with van der Waals surface area (Å²) in [7, 11) is -0.698. The highest BCUT2D eigenvalue weighted by Crippen LogP contribution is 2.48. The normalized spacial score (nSPS) is 26.4. The highest BCUT2D eigenvalue weighted by Gasteiger charge is 2.63. The fraction of sp³-hybridized carbons (Fsp3) is 0.541.